The summed E-state index contributed by atoms with van der Waals surface area (Å²) in [6, 6.07) is 0.520. The van der Waals surface area contributed by atoms with Crippen LogP contribution in [-0.2, 0) is 11.2 Å². The van der Waals surface area contributed by atoms with Crippen molar-refractivity contribution in [1.29, 1.82) is 0 Å². The molecule has 4 nitrogen and oxygen atoms in total. The summed E-state index contributed by atoms with van der Waals surface area (Å²) in [5.41, 5.74) is 5.76. The monoisotopic (exact) mass is 334 g/mol. The van der Waals surface area contributed by atoms with E-state index in [1.165, 1.54) is 16.7 Å². The van der Waals surface area contributed by atoms with Gasteiger partial charge in [-0.05, 0) is 18.1 Å². The molecule has 1 aliphatic rings. The maximum atomic E-state index is 13.6. The molecule has 1 saturated heterocycles. The van der Waals surface area contributed by atoms with Crippen molar-refractivity contribution in [1.82, 2.24) is 4.90 Å². The Bertz CT molecular complexity index is 559. The van der Waals surface area contributed by atoms with Crippen LogP contribution in [0.5, 0.6) is 0 Å². The van der Waals surface area contributed by atoms with E-state index in [9.17, 15) is 23.1 Å². The largest absolute Gasteiger partial charge is 0.393 e. The second-order valence-electron chi connectivity index (χ2n) is 5.12. The number of aliphatic hydroxyl groups excluding tert-OH is 1. The molecule has 8 heteroatoms. The number of nitrogens with zero attached hydrogens (tertiary/aromatic N) is 1. The Morgan fingerprint density at radius 3 is 2.73 bits per heavy atom. The number of carbonyl (C=O) groups is 1. The third-order valence-electron chi connectivity index (χ3n) is 3.47. The molecule has 0 spiro atoms. The minimum atomic E-state index is -1.26. The van der Waals surface area contributed by atoms with Gasteiger partial charge in [-0.2, -0.15) is 0 Å². The molecular formula is C14H17F3N2O2S. The van der Waals surface area contributed by atoms with Gasteiger partial charge in [-0.3, -0.25) is 4.79 Å². The highest BCUT2D eigenvalue weighted by Gasteiger charge is 2.29. The van der Waals surface area contributed by atoms with Crippen molar-refractivity contribution in [2.45, 2.75) is 24.3 Å². The Labute approximate surface area is 130 Å². The molecule has 0 saturated carbocycles. The second-order valence-corrected chi connectivity index (χ2v) is 6.41. The highest BCUT2D eigenvalue weighted by molar-refractivity contribution is 8.00. The van der Waals surface area contributed by atoms with Gasteiger partial charge in [0, 0.05) is 30.8 Å². The lowest BCUT2D eigenvalue weighted by Gasteiger charge is -2.23. The van der Waals surface area contributed by atoms with Gasteiger partial charge in [0.15, 0.2) is 11.6 Å². The van der Waals surface area contributed by atoms with E-state index in [0.717, 1.165) is 11.8 Å². The third-order valence-corrected chi connectivity index (χ3v) is 4.68. The average Bonchev–Trinajstić information content (AvgIpc) is 2.93. The number of hydrogen-bond donors (Lipinski definition) is 2. The number of halogens is 3. The van der Waals surface area contributed by atoms with Gasteiger partial charge in [0.05, 0.1) is 6.61 Å². The highest BCUT2D eigenvalue weighted by atomic mass is 32.2. The highest BCUT2D eigenvalue weighted by Crippen LogP contribution is 2.24. The summed E-state index contributed by atoms with van der Waals surface area (Å²) in [7, 11) is 0. The quantitative estimate of drug-likeness (QED) is 0.796. The summed E-state index contributed by atoms with van der Waals surface area (Å²) in [6.07, 6.45) is -0.116. The number of rotatable bonds is 5. The van der Waals surface area contributed by atoms with Crippen molar-refractivity contribution in [2.75, 3.05) is 18.9 Å². The van der Waals surface area contributed by atoms with E-state index < -0.39 is 23.5 Å². The Kier molecular flexibility index (Phi) is 5.71. The number of thioether (sulfide) groups is 1. The van der Waals surface area contributed by atoms with Crippen LogP contribution in [0.4, 0.5) is 13.2 Å². The Morgan fingerprint density at radius 2 is 2.05 bits per heavy atom. The molecule has 1 unspecified atom stereocenters. The number of hydrogen-bond acceptors (Lipinski definition) is 4. The first-order valence-electron chi connectivity index (χ1n) is 6.83. The SMILES string of the molecule is NC(CC(=O)N1CCS[C@H]1CO)Cc1cc(F)c(F)cc1F. The van der Waals surface area contributed by atoms with Crippen LogP contribution < -0.4 is 5.73 Å². The van der Waals surface area contributed by atoms with Crippen molar-refractivity contribution >= 4 is 17.7 Å². The van der Waals surface area contributed by atoms with Gasteiger partial charge < -0.3 is 15.7 Å². The molecule has 0 radical (unpaired) electrons. The van der Waals surface area contributed by atoms with E-state index >= 15 is 0 Å². The van der Waals surface area contributed by atoms with E-state index in [4.69, 9.17) is 5.73 Å². The van der Waals surface area contributed by atoms with Gasteiger partial charge in [-0.25, -0.2) is 13.2 Å². The van der Waals surface area contributed by atoms with E-state index in [1.807, 2.05) is 0 Å². The van der Waals surface area contributed by atoms with Crippen LogP contribution in [0.1, 0.15) is 12.0 Å². The summed E-state index contributed by atoms with van der Waals surface area (Å²) >= 11 is 1.48. The molecule has 1 aliphatic heterocycles. The topological polar surface area (TPSA) is 66.6 Å². The predicted molar refractivity (Wildman–Crippen MR) is 77.7 cm³/mol. The smallest absolute Gasteiger partial charge is 0.225 e. The zero-order chi connectivity index (χ0) is 16.3. The van der Waals surface area contributed by atoms with Crippen molar-refractivity contribution in [3.8, 4) is 0 Å². The maximum Gasteiger partial charge on any atom is 0.225 e. The second kappa shape index (κ2) is 7.34. The first-order valence-corrected chi connectivity index (χ1v) is 7.88. The summed E-state index contributed by atoms with van der Waals surface area (Å²) in [5, 5.41) is 8.90. The fraction of sp³-hybridized carbons (Fsp3) is 0.500. The minimum Gasteiger partial charge on any atom is -0.393 e. The van der Waals surface area contributed by atoms with Crippen LogP contribution in [0, 0.1) is 17.5 Å². The van der Waals surface area contributed by atoms with Gasteiger partial charge in [-0.15, -0.1) is 11.8 Å². The zero-order valence-corrected chi connectivity index (χ0v) is 12.6. The number of benzene rings is 1. The molecule has 3 N–H and O–H groups in total. The van der Waals surface area contributed by atoms with Crippen LogP contribution in [0.25, 0.3) is 0 Å². The number of aliphatic hydroxyl groups is 1. The predicted octanol–water partition coefficient (Wildman–Crippen LogP) is 1.26. The van der Waals surface area contributed by atoms with Crippen LogP contribution in [0.15, 0.2) is 12.1 Å². The summed E-state index contributed by atoms with van der Waals surface area (Å²) < 4.78 is 39.5. The lowest BCUT2D eigenvalue weighted by Crippen LogP contribution is -2.40. The van der Waals surface area contributed by atoms with Crippen LogP contribution >= 0.6 is 11.8 Å². The molecule has 0 aromatic heterocycles. The first-order chi connectivity index (χ1) is 10.4. The normalized spacial score (nSPS) is 19.5. The van der Waals surface area contributed by atoms with E-state index in [0.29, 0.717) is 12.6 Å². The summed E-state index contributed by atoms with van der Waals surface area (Å²) in [5.74, 6) is -2.78. The average molecular weight is 334 g/mol. The lowest BCUT2D eigenvalue weighted by atomic mass is 10.0. The van der Waals surface area contributed by atoms with Crippen LogP contribution in [0.2, 0.25) is 0 Å². The van der Waals surface area contributed by atoms with E-state index in [2.05, 4.69) is 0 Å². The fourth-order valence-electron chi connectivity index (χ4n) is 2.37. The molecule has 0 bridgehead atoms. The molecule has 1 amide bonds. The molecule has 1 fully saturated rings. The Balaban J connectivity index is 1.97. The molecular weight excluding hydrogens is 317 g/mol. The summed E-state index contributed by atoms with van der Waals surface area (Å²) in [4.78, 5) is 13.6. The van der Waals surface area contributed by atoms with Gasteiger partial charge in [-0.1, -0.05) is 0 Å². The van der Waals surface area contributed by atoms with E-state index in [-0.39, 0.29) is 36.3 Å². The molecule has 1 aromatic carbocycles. The molecule has 1 heterocycles. The van der Waals surface area contributed by atoms with Gasteiger partial charge >= 0.3 is 0 Å². The molecule has 1 aromatic rings. The number of carbonyl (C=O) groups excluding carboxylic acids is 1. The number of amides is 1. The minimum absolute atomic E-state index is 0.0461. The first kappa shape index (κ1) is 17.1. The molecule has 22 heavy (non-hydrogen) atoms. The maximum absolute atomic E-state index is 13.6. The third kappa shape index (κ3) is 3.93. The molecule has 2 atom stereocenters. The van der Waals surface area contributed by atoms with Gasteiger partial charge in [0.1, 0.15) is 11.2 Å². The zero-order valence-electron chi connectivity index (χ0n) is 11.8. The van der Waals surface area contributed by atoms with Crippen molar-refractivity contribution < 1.29 is 23.1 Å². The van der Waals surface area contributed by atoms with E-state index in [1.54, 1.807) is 0 Å². The lowest BCUT2D eigenvalue weighted by molar-refractivity contribution is -0.132. The van der Waals surface area contributed by atoms with Gasteiger partial charge in [0.2, 0.25) is 5.91 Å². The summed E-state index contributed by atoms with van der Waals surface area (Å²) in [6.45, 7) is 0.393. The molecule has 0 aliphatic carbocycles. The molecule has 122 valence electrons. The fourth-order valence-corrected chi connectivity index (χ4v) is 3.46. The van der Waals surface area contributed by atoms with Crippen molar-refractivity contribution in [3.63, 3.8) is 0 Å². The number of nitrogens with two attached hydrogens (primary N) is 1. The van der Waals surface area contributed by atoms with Gasteiger partial charge in [0.25, 0.3) is 0 Å². The van der Waals surface area contributed by atoms with Crippen molar-refractivity contribution in [2.24, 2.45) is 5.73 Å². The van der Waals surface area contributed by atoms with Crippen LogP contribution in [0.3, 0.4) is 0 Å². The molecule has 2 rings (SSSR count). The standard InChI is InChI=1S/C14H17F3N2O2S/c15-10-6-12(17)11(16)4-8(10)3-9(18)5-13(21)19-1-2-22-14(19)7-20/h4,6,9,14,20H,1-3,5,7,18H2/t9?,14-/m0/s1. The van der Waals surface area contributed by atoms with Crippen molar-refractivity contribution in [3.05, 3.63) is 35.1 Å². The van der Waals surface area contributed by atoms with Crippen LogP contribution in [-0.4, -0.2) is 46.2 Å². The Hall–Kier alpha value is -1.25. The Morgan fingerprint density at radius 1 is 1.36 bits per heavy atom.